The summed E-state index contributed by atoms with van der Waals surface area (Å²) < 4.78 is 26.7. The Labute approximate surface area is 156 Å². The van der Waals surface area contributed by atoms with E-state index < -0.39 is 10.0 Å². The fourth-order valence-electron chi connectivity index (χ4n) is 2.93. The van der Waals surface area contributed by atoms with Crippen molar-refractivity contribution < 1.29 is 13.2 Å². The minimum atomic E-state index is -3.28. The van der Waals surface area contributed by atoms with Crippen LogP contribution in [0.4, 0.5) is 11.4 Å². The zero-order chi connectivity index (χ0) is 18.0. The Balaban J connectivity index is 1.87. The Kier molecular flexibility index (Phi) is 5.15. The molecule has 0 bridgehead atoms. The van der Waals surface area contributed by atoms with Crippen LogP contribution in [0.25, 0.3) is 0 Å². The van der Waals surface area contributed by atoms with Gasteiger partial charge in [0.2, 0.25) is 10.0 Å². The first-order valence-corrected chi connectivity index (χ1v) is 10.5. The van der Waals surface area contributed by atoms with Crippen LogP contribution in [0.3, 0.4) is 0 Å². The van der Waals surface area contributed by atoms with Crippen LogP contribution in [-0.2, 0) is 16.4 Å². The molecule has 0 saturated carbocycles. The summed E-state index contributed by atoms with van der Waals surface area (Å²) in [6.07, 6.45) is 1.57. The number of nitrogens with one attached hydrogen (secondary N) is 1. The quantitative estimate of drug-likeness (QED) is 0.814. The molecular formula is C18H19BrN2O3S. The number of nitrogens with zero attached hydrogens (tertiary/aromatic N) is 1. The van der Waals surface area contributed by atoms with Gasteiger partial charge in [-0.1, -0.05) is 12.1 Å². The second-order valence-electron chi connectivity index (χ2n) is 5.85. The summed E-state index contributed by atoms with van der Waals surface area (Å²) in [4.78, 5) is 12.4. The number of fused-ring (bicyclic) bond motifs is 1. The van der Waals surface area contributed by atoms with Crippen molar-refractivity contribution in [3.8, 4) is 0 Å². The van der Waals surface area contributed by atoms with Crippen molar-refractivity contribution in [3.63, 3.8) is 0 Å². The van der Waals surface area contributed by atoms with E-state index in [9.17, 15) is 13.2 Å². The third kappa shape index (κ3) is 3.72. The zero-order valence-corrected chi connectivity index (χ0v) is 16.2. The minimum Gasteiger partial charge on any atom is -0.322 e. The highest BCUT2D eigenvalue weighted by Gasteiger charge is 2.26. The lowest BCUT2D eigenvalue weighted by molar-refractivity contribution is 0.102. The second-order valence-corrected chi connectivity index (χ2v) is 8.89. The van der Waals surface area contributed by atoms with Crippen LogP contribution in [0.1, 0.15) is 29.3 Å². The van der Waals surface area contributed by atoms with Crippen LogP contribution in [-0.4, -0.2) is 26.6 Å². The van der Waals surface area contributed by atoms with Gasteiger partial charge in [-0.25, -0.2) is 8.42 Å². The molecule has 0 spiro atoms. The third-order valence-electron chi connectivity index (χ3n) is 4.23. The van der Waals surface area contributed by atoms with E-state index in [4.69, 9.17) is 0 Å². The van der Waals surface area contributed by atoms with E-state index in [1.165, 1.54) is 4.31 Å². The van der Waals surface area contributed by atoms with E-state index in [1.807, 2.05) is 18.2 Å². The lowest BCUT2D eigenvalue weighted by Crippen LogP contribution is -2.36. The van der Waals surface area contributed by atoms with E-state index in [0.29, 0.717) is 23.5 Å². The van der Waals surface area contributed by atoms with E-state index in [2.05, 4.69) is 21.2 Å². The summed E-state index contributed by atoms with van der Waals surface area (Å²) in [6.45, 7) is 2.15. The Morgan fingerprint density at radius 1 is 1.24 bits per heavy atom. The number of benzene rings is 2. The smallest absolute Gasteiger partial charge is 0.256 e. The van der Waals surface area contributed by atoms with Gasteiger partial charge in [-0.15, -0.1) is 0 Å². The fraction of sp³-hybridized carbons (Fsp3) is 0.278. The molecule has 0 radical (unpaired) electrons. The number of carbonyl (C=O) groups excluding carboxylic acids is 1. The summed E-state index contributed by atoms with van der Waals surface area (Å²) in [7, 11) is -3.28. The topological polar surface area (TPSA) is 66.5 Å². The zero-order valence-electron chi connectivity index (χ0n) is 13.8. The van der Waals surface area contributed by atoms with Crippen LogP contribution in [0.15, 0.2) is 46.9 Å². The summed E-state index contributed by atoms with van der Waals surface area (Å²) in [6, 6.07) is 12.6. The molecule has 2 aromatic carbocycles. The number of amides is 1. The molecule has 0 saturated heterocycles. The molecule has 0 unspecified atom stereocenters. The number of hydrogen-bond donors (Lipinski definition) is 1. The molecule has 0 atom stereocenters. The lowest BCUT2D eigenvalue weighted by atomic mass is 10.0. The average Bonchev–Trinajstić information content (AvgIpc) is 2.61. The molecule has 0 aromatic heterocycles. The normalized spacial score (nSPS) is 14.1. The summed E-state index contributed by atoms with van der Waals surface area (Å²) >= 11 is 3.37. The molecule has 1 heterocycles. The van der Waals surface area contributed by atoms with Gasteiger partial charge in [-0.05, 0) is 71.6 Å². The maximum absolute atomic E-state index is 12.4. The Morgan fingerprint density at radius 2 is 2.00 bits per heavy atom. The van der Waals surface area contributed by atoms with Gasteiger partial charge in [-0.3, -0.25) is 9.10 Å². The molecule has 5 nitrogen and oxygen atoms in total. The van der Waals surface area contributed by atoms with Crippen LogP contribution in [0, 0.1) is 0 Å². The van der Waals surface area contributed by atoms with Crippen molar-refractivity contribution in [2.24, 2.45) is 0 Å². The predicted octanol–water partition coefficient (Wildman–Crippen LogP) is 3.80. The molecule has 0 aliphatic carbocycles. The van der Waals surface area contributed by atoms with Crippen LogP contribution in [0.2, 0.25) is 0 Å². The molecule has 1 N–H and O–H groups in total. The van der Waals surface area contributed by atoms with Gasteiger partial charge in [0, 0.05) is 16.7 Å². The minimum absolute atomic E-state index is 0.0764. The Morgan fingerprint density at radius 3 is 2.72 bits per heavy atom. The molecule has 1 aliphatic rings. The standard InChI is InChI=1S/C18H19BrN2O3S/c1-2-25(23,24)21-11-5-6-13-12-14(9-10-17(13)21)20-18(22)15-7-3-4-8-16(15)19/h3-4,7-10,12H,2,5-6,11H2,1H3,(H,20,22). The van der Waals surface area contributed by atoms with Crippen LogP contribution >= 0.6 is 15.9 Å². The molecule has 3 rings (SSSR count). The predicted molar refractivity (Wildman–Crippen MR) is 104 cm³/mol. The number of aryl methyl sites for hydroxylation is 1. The van der Waals surface area contributed by atoms with E-state index in [0.717, 1.165) is 22.9 Å². The van der Waals surface area contributed by atoms with Crippen molar-refractivity contribution in [1.29, 1.82) is 0 Å². The Bertz CT molecular complexity index is 912. The third-order valence-corrected chi connectivity index (χ3v) is 6.70. The molecule has 0 fully saturated rings. The first kappa shape index (κ1) is 17.9. The van der Waals surface area contributed by atoms with Gasteiger partial charge >= 0.3 is 0 Å². The summed E-state index contributed by atoms with van der Waals surface area (Å²) in [5.74, 6) is -0.131. The van der Waals surface area contributed by atoms with E-state index in [1.54, 1.807) is 31.2 Å². The molecule has 1 amide bonds. The molecule has 1 aliphatic heterocycles. The number of hydrogen-bond acceptors (Lipinski definition) is 3. The van der Waals surface area contributed by atoms with Crippen molar-refractivity contribution in [2.75, 3.05) is 21.9 Å². The SMILES string of the molecule is CCS(=O)(=O)N1CCCc2cc(NC(=O)c3ccccc3Br)ccc21. The highest BCUT2D eigenvalue weighted by atomic mass is 79.9. The highest BCUT2D eigenvalue weighted by Crippen LogP contribution is 2.32. The largest absolute Gasteiger partial charge is 0.322 e. The van der Waals surface area contributed by atoms with Gasteiger partial charge in [-0.2, -0.15) is 0 Å². The van der Waals surface area contributed by atoms with Gasteiger partial charge in [0.1, 0.15) is 0 Å². The number of anilines is 2. The fourth-order valence-corrected chi connectivity index (χ4v) is 4.59. The number of sulfonamides is 1. The number of halogens is 1. The van der Waals surface area contributed by atoms with Gasteiger partial charge < -0.3 is 5.32 Å². The van der Waals surface area contributed by atoms with Crippen molar-refractivity contribution >= 4 is 43.2 Å². The van der Waals surface area contributed by atoms with Crippen molar-refractivity contribution in [1.82, 2.24) is 0 Å². The maximum atomic E-state index is 12.4. The molecule has 2 aromatic rings. The number of rotatable bonds is 4. The van der Waals surface area contributed by atoms with Crippen LogP contribution in [0.5, 0.6) is 0 Å². The monoisotopic (exact) mass is 422 g/mol. The maximum Gasteiger partial charge on any atom is 0.256 e. The molecular weight excluding hydrogens is 404 g/mol. The summed E-state index contributed by atoms with van der Waals surface area (Å²) in [5.41, 5.74) is 2.87. The van der Waals surface area contributed by atoms with Crippen molar-refractivity contribution in [2.45, 2.75) is 19.8 Å². The number of carbonyl (C=O) groups is 1. The lowest BCUT2D eigenvalue weighted by Gasteiger charge is -2.30. The van der Waals surface area contributed by atoms with Crippen LogP contribution < -0.4 is 9.62 Å². The van der Waals surface area contributed by atoms with Gasteiger partial charge in [0.25, 0.3) is 5.91 Å². The summed E-state index contributed by atoms with van der Waals surface area (Å²) in [5, 5.41) is 2.88. The first-order chi connectivity index (χ1) is 11.9. The Hall–Kier alpha value is -1.86. The molecule has 7 heteroatoms. The van der Waals surface area contributed by atoms with Crippen molar-refractivity contribution in [3.05, 3.63) is 58.1 Å². The van der Waals surface area contributed by atoms with Gasteiger partial charge in [0.15, 0.2) is 0 Å². The first-order valence-electron chi connectivity index (χ1n) is 8.11. The average molecular weight is 423 g/mol. The highest BCUT2D eigenvalue weighted by molar-refractivity contribution is 9.10. The van der Waals surface area contributed by atoms with E-state index >= 15 is 0 Å². The van der Waals surface area contributed by atoms with Gasteiger partial charge in [0.05, 0.1) is 17.0 Å². The van der Waals surface area contributed by atoms with E-state index in [-0.39, 0.29) is 11.7 Å². The molecule has 132 valence electrons. The molecule has 25 heavy (non-hydrogen) atoms. The second kappa shape index (κ2) is 7.17.